The summed E-state index contributed by atoms with van der Waals surface area (Å²) in [5.74, 6) is 5.45. The summed E-state index contributed by atoms with van der Waals surface area (Å²) in [6.07, 6.45) is 0.0464. The highest BCUT2D eigenvalue weighted by Gasteiger charge is 2.31. The number of ketones is 1. The van der Waals surface area contributed by atoms with E-state index in [0.717, 1.165) is 0 Å². The van der Waals surface area contributed by atoms with Crippen molar-refractivity contribution in [2.45, 2.75) is 25.5 Å². The molecule has 0 aromatic heterocycles. The van der Waals surface area contributed by atoms with E-state index in [0.29, 0.717) is 13.0 Å². The van der Waals surface area contributed by atoms with Gasteiger partial charge in [-0.1, -0.05) is 0 Å². The van der Waals surface area contributed by atoms with Crippen LogP contribution >= 0.6 is 0 Å². The number of β-amino-alcohol motifs (C(OH)–C–C–N with tert-alkyl or cyclic N) is 1. The lowest BCUT2D eigenvalue weighted by Crippen LogP contribution is -2.40. The fraction of sp³-hybridized carbons (Fsp3) is 0.833. The Labute approximate surface area is 59.6 Å². The molecule has 3 N–H and O–H groups in total. The zero-order chi connectivity index (χ0) is 7.72. The van der Waals surface area contributed by atoms with Crippen LogP contribution in [0, 0.1) is 0 Å². The summed E-state index contributed by atoms with van der Waals surface area (Å²) in [5.41, 5.74) is 0. The smallest absolute Gasteiger partial charge is 0.148 e. The minimum atomic E-state index is -0.432. The van der Waals surface area contributed by atoms with Crippen LogP contribution in [0.4, 0.5) is 0 Å². The van der Waals surface area contributed by atoms with Crippen molar-refractivity contribution in [3.8, 4) is 0 Å². The summed E-state index contributed by atoms with van der Waals surface area (Å²) < 4.78 is 0. The molecular weight excluding hydrogens is 132 g/mol. The average Bonchev–Trinajstić information content (AvgIpc) is 2.10. The van der Waals surface area contributed by atoms with E-state index in [9.17, 15) is 4.79 Å². The highest BCUT2D eigenvalue weighted by molar-refractivity contribution is 5.81. The molecule has 0 amide bonds. The molecule has 10 heavy (non-hydrogen) atoms. The van der Waals surface area contributed by atoms with Crippen LogP contribution < -0.4 is 5.84 Å². The molecule has 2 unspecified atom stereocenters. The molecule has 4 nitrogen and oxygen atoms in total. The fourth-order valence-electron chi connectivity index (χ4n) is 1.24. The van der Waals surface area contributed by atoms with Gasteiger partial charge in [-0.15, -0.1) is 0 Å². The van der Waals surface area contributed by atoms with Crippen molar-refractivity contribution in [1.29, 1.82) is 0 Å². The SMILES string of the molecule is CC(=O)C1CC(O)CN1N. The van der Waals surface area contributed by atoms with Crippen LogP contribution in [0.15, 0.2) is 0 Å². The van der Waals surface area contributed by atoms with Gasteiger partial charge in [0.05, 0.1) is 12.1 Å². The number of carbonyl (C=O) groups is 1. The fourth-order valence-corrected chi connectivity index (χ4v) is 1.24. The molecular formula is C6H12N2O2. The molecule has 1 aliphatic rings. The molecule has 1 heterocycles. The number of nitrogens with zero attached hydrogens (tertiary/aromatic N) is 1. The molecule has 0 aliphatic carbocycles. The van der Waals surface area contributed by atoms with Gasteiger partial charge in [0, 0.05) is 6.54 Å². The number of Topliss-reactive ketones (excluding diaryl/α,β-unsaturated/α-hetero) is 1. The Morgan fingerprint density at radius 2 is 2.40 bits per heavy atom. The number of hydrogen-bond donors (Lipinski definition) is 2. The normalized spacial score (nSPS) is 34.7. The van der Waals surface area contributed by atoms with Gasteiger partial charge in [0.2, 0.25) is 0 Å². The predicted octanol–water partition coefficient (Wildman–Crippen LogP) is -1.12. The van der Waals surface area contributed by atoms with E-state index in [2.05, 4.69) is 0 Å². The van der Waals surface area contributed by atoms with Gasteiger partial charge < -0.3 is 5.11 Å². The summed E-state index contributed by atoms with van der Waals surface area (Å²) in [5, 5.41) is 10.4. The van der Waals surface area contributed by atoms with Crippen molar-refractivity contribution < 1.29 is 9.90 Å². The molecule has 4 heteroatoms. The van der Waals surface area contributed by atoms with Gasteiger partial charge in [-0.25, -0.2) is 5.01 Å². The quantitative estimate of drug-likeness (QED) is 0.458. The lowest BCUT2D eigenvalue weighted by molar-refractivity contribution is -0.121. The van der Waals surface area contributed by atoms with Gasteiger partial charge in [0.15, 0.2) is 0 Å². The summed E-state index contributed by atoms with van der Waals surface area (Å²) in [6, 6.07) is -0.269. The number of hydrogen-bond acceptors (Lipinski definition) is 4. The molecule has 0 radical (unpaired) electrons. The van der Waals surface area contributed by atoms with Gasteiger partial charge >= 0.3 is 0 Å². The lowest BCUT2D eigenvalue weighted by Gasteiger charge is -2.14. The summed E-state index contributed by atoms with van der Waals surface area (Å²) in [7, 11) is 0. The number of carbonyl (C=O) groups excluding carboxylic acids is 1. The molecule has 0 spiro atoms. The van der Waals surface area contributed by atoms with E-state index < -0.39 is 6.10 Å². The Balaban J connectivity index is 2.54. The Hall–Kier alpha value is -0.450. The molecule has 1 saturated heterocycles. The second kappa shape index (κ2) is 2.65. The molecule has 1 rings (SSSR count). The van der Waals surface area contributed by atoms with Crippen molar-refractivity contribution in [3.05, 3.63) is 0 Å². The summed E-state index contributed by atoms with van der Waals surface area (Å²) in [6.45, 7) is 1.90. The summed E-state index contributed by atoms with van der Waals surface area (Å²) in [4.78, 5) is 10.8. The van der Waals surface area contributed by atoms with Crippen LogP contribution in [0.5, 0.6) is 0 Å². The number of aliphatic hydroxyl groups is 1. The van der Waals surface area contributed by atoms with Crippen LogP contribution in [0.2, 0.25) is 0 Å². The molecule has 2 atom stereocenters. The van der Waals surface area contributed by atoms with Crippen LogP contribution in [-0.4, -0.2) is 34.6 Å². The Kier molecular flexibility index (Phi) is 2.03. The Bertz CT molecular complexity index is 149. The maximum atomic E-state index is 10.8. The summed E-state index contributed by atoms with van der Waals surface area (Å²) >= 11 is 0. The number of nitrogens with two attached hydrogens (primary N) is 1. The Morgan fingerprint density at radius 1 is 1.80 bits per heavy atom. The van der Waals surface area contributed by atoms with Crippen molar-refractivity contribution in [1.82, 2.24) is 5.01 Å². The van der Waals surface area contributed by atoms with Crippen molar-refractivity contribution in [3.63, 3.8) is 0 Å². The van der Waals surface area contributed by atoms with Gasteiger partial charge in [-0.3, -0.25) is 10.6 Å². The van der Waals surface area contributed by atoms with E-state index in [4.69, 9.17) is 10.9 Å². The average molecular weight is 144 g/mol. The zero-order valence-electron chi connectivity index (χ0n) is 5.95. The first-order chi connectivity index (χ1) is 4.61. The van der Waals surface area contributed by atoms with E-state index in [1.54, 1.807) is 0 Å². The van der Waals surface area contributed by atoms with Crippen LogP contribution in [0.1, 0.15) is 13.3 Å². The molecule has 0 aromatic rings. The molecule has 0 aromatic carbocycles. The maximum absolute atomic E-state index is 10.8. The van der Waals surface area contributed by atoms with E-state index in [-0.39, 0.29) is 11.8 Å². The van der Waals surface area contributed by atoms with Gasteiger partial charge in [-0.05, 0) is 13.3 Å². The standard InChI is InChI=1S/C6H12N2O2/c1-4(9)6-2-5(10)3-8(6)7/h5-6,10H,2-3,7H2,1H3. The molecule has 0 bridgehead atoms. The lowest BCUT2D eigenvalue weighted by atomic mass is 10.1. The first-order valence-corrected chi connectivity index (χ1v) is 3.31. The van der Waals surface area contributed by atoms with Crippen LogP contribution in [0.3, 0.4) is 0 Å². The van der Waals surface area contributed by atoms with E-state index in [1.807, 2.05) is 0 Å². The van der Waals surface area contributed by atoms with E-state index >= 15 is 0 Å². The second-order valence-electron chi connectivity index (χ2n) is 2.71. The third-order valence-electron chi connectivity index (χ3n) is 1.79. The van der Waals surface area contributed by atoms with Crippen molar-refractivity contribution in [2.24, 2.45) is 5.84 Å². The minimum Gasteiger partial charge on any atom is -0.392 e. The Morgan fingerprint density at radius 3 is 2.60 bits per heavy atom. The monoisotopic (exact) mass is 144 g/mol. The van der Waals surface area contributed by atoms with Crippen molar-refractivity contribution >= 4 is 5.78 Å². The van der Waals surface area contributed by atoms with Gasteiger partial charge in [0.1, 0.15) is 5.78 Å². The number of aliphatic hydroxyl groups excluding tert-OH is 1. The van der Waals surface area contributed by atoms with Gasteiger partial charge in [-0.2, -0.15) is 0 Å². The first-order valence-electron chi connectivity index (χ1n) is 3.31. The van der Waals surface area contributed by atoms with E-state index in [1.165, 1.54) is 11.9 Å². The predicted molar refractivity (Wildman–Crippen MR) is 36.0 cm³/mol. The second-order valence-corrected chi connectivity index (χ2v) is 2.71. The third-order valence-corrected chi connectivity index (χ3v) is 1.79. The third kappa shape index (κ3) is 1.34. The minimum absolute atomic E-state index is 0.0269. The van der Waals surface area contributed by atoms with Crippen LogP contribution in [-0.2, 0) is 4.79 Å². The molecule has 0 saturated carbocycles. The molecule has 58 valence electrons. The van der Waals surface area contributed by atoms with Gasteiger partial charge in [0.25, 0.3) is 0 Å². The topological polar surface area (TPSA) is 66.6 Å². The number of hydrazine groups is 1. The highest BCUT2D eigenvalue weighted by Crippen LogP contribution is 2.13. The zero-order valence-corrected chi connectivity index (χ0v) is 5.95. The number of rotatable bonds is 1. The largest absolute Gasteiger partial charge is 0.392 e. The maximum Gasteiger partial charge on any atom is 0.148 e. The molecule has 1 fully saturated rings. The van der Waals surface area contributed by atoms with Crippen molar-refractivity contribution in [2.75, 3.05) is 6.54 Å². The first kappa shape index (κ1) is 7.65. The highest BCUT2D eigenvalue weighted by atomic mass is 16.3. The van der Waals surface area contributed by atoms with Crippen LogP contribution in [0.25, 0.3) is 0 Å². The molecule has 1 aliphatic heterocycles.